The molecule has 3 amide bonds. The number of ether oxygens (including phenoxy) is 2. The number of aromatic amines is 1. The van der Waals surface area contributed by atoms with Crippen LogP contribution in [0.25, 0.3) is 10.9 Å². The highest BCUT2D eigenvalue weighted by molar-refractivity contribution is 5.94. The number of amides is 3. The number of aromatic nitrogens is 1. The van der Waals surface area contributed by atoms with Crippen molar-refractivity contribution in [3.8, 4) is 0 Å². The van der Waals surface area contributed by atoms with Gasteiger partial charge >= 0.3 is 0 Å². The van der Waals surface area contributed by atoms with Gasteiger partial charge in [-0.2, -0.15) is 0 Å². The Labute approximate surface area is 240 Å². The Hall–Kier alpha value is -3.03. The first-order valence-corrected chi connectivity index (χ1v) is 14.7. The molecular formula is C29H43N5O7. The minimum absolute atomic E-state index is 0.155. The van der Waals surface area contributed by atoms with Crippen LogP contribution in [-0.4, -0.2) is 114 Å². The van der Waals surface area contributed by atoms with E-state index >= 15 is 0 Å². The number of para-hydroxylation sites is 1. The quantitative estimate of drug-likeness (QED) is 0.231. The average molecular weight is 574 g/mol. The highest BCUT2D eigenvalue weighted by Gasteiger charge is 2.36. The first-order chi connectivity index (χ1) is 20.0. The maximum absolute atomic E-state index is 14.1. The molecule has 3 atom stereocenters. The Morgan fingerprint density at radius 1 is 1.02 bits per heavy atom. The molecule has 12 nitrogen and oxygen atoms in total. The Bertz CT molecular complexity index is 1140. The Morgan fingerprint density at radius 2 is 1.78 bits per heavy atom. The van der Waals surface area contributed by atoms with Crippen LogP contribution < -0.4 is 10.8 Å². The predicted molar refractivity (Wildman–Crippen MR) is 151 cm³/mol. The number of H-pyrrole nitrogens is 1. The summed E-state index contributed by atoms with van der Waals surface area (Å²) < 4.78 is 11.1. The molecule has 1 aromatic carbocycles. The molecular weight excluding hydrogens is 530 g/mol. The second-order valence-electron chi connectivity index (χ2n) is 10.7. The number of morpholine rings is 1. The van der Waals surface area contributed by atoms with Crippen LogP contribution in [0.1, 0.15) is 44.1 Å². The van der Waals surface area contributed by atoms with Gasteiger partial charge in [-0.1, -0.05) is 37.5 Å². The first kappa shape index (κ1) is 30.9. The zero-order valence-corrected chi connectivity index (χ0v) is 23.6. The molecule has 2 aliphatic heterocycles. The van der Waals surface area contributed by atoms with Gasteiger partial charge in [0, 0.05) is 62.9 Å². The second kappa shape index (κ2) is 15.8. The summed E-state index contributed by atoms with van der Waals surface area (Å²) in [6.07, 6.45) is 3.56. The summed E-state index contributed by atoms with van der Waals surface area (Å²) in [6, 6.07) is 6.78. The van der Waals surface area contributed by atoms with Gasteiger partial charge in [0.15, 0.2) is 12.2 Å². The molecule has 0 bridgehead atoms. The van der Waals surface area contributed by atoms with E-state index in [2.05, 4.69) is 15.2 Å². The zero-order valence-electron chi connectivity index (χ0n) is 23.6. The predicted octanol–water partition coefficient (Wildman–Crippen LogP) is 0.962. The standard InChI is InChI=1S/C29H43N5O7/c35-25(27(36)32-39)26-28(37)31-24(19-21-20-30-23-10-5-4-9-22(21)23)29(38)34(12-6-2-1-3-7-16-41-26)13-8-11-33-14-17-40-18-15-33/h4-5,9-10,20,24-26,30,35,39H,1-3,6-8,11-19H2,(H,31,37)(H,32,36). The Morgan fingerprint density at radius 3 is 2.59 bits per heavy atom. The number of carbonyl (C=O) groups is 3. The molecule has 5 N–H and O–H groups in total. The highest BCUT2D eigenvalue weighted by Crippen LogP contribution is 2.20. The summed E-state index contributed by atoms with van der Waals surface area (Å²) in [5.74, 6) is -2.16. The molecule has 0 spiro atoms. The summed E-state index contributed by atoms with van der Waals surface area (Å²) >= 11 is 0. The molecule has 41 heavy (non-hydrogen) atoms. The lowest BCUT2D eigenvalue weighted by Gasteiger charge is -2.31. The van der Waals surface area contributed by atoms with Gasteiger partial charge in [0.05, 0.1) is 13.2 Å². The fraction of sp³-hybridized carbons (Fsp3) is 0.621. The third-order valence-corrected chi connectivity index (χ3v) is 7.83. The molecule has 3 heterocycles. The van der Waals surface area contributed by atoms with Crippen molar-refractivity contribution in [1.29, 1.82) is 0 Å². The lowest BCUT2D eigenvalue weighted by atomic mass is 10.0. The summed E-state index contributed by atoms with van der Waals surface area (Å²) in [5, 5.41) is 23.3. The molecule has 2 fully saturated rings. The van der Waals surface area contributed by atoms with Crippen LogP contribution in [0.3, 0.4) is 0 Å². The molecule has 226 valence electrons. The molecule has 0 aliphatic carbocycles. The van der Waals surface area contributed by atoms with E-state index in [9.17, 15) is 19.5 Å². The largest absolute Gasteiger partial charge is 0.380 e. The van der Waals surface area contributed by atoms with Crippen molar-refractivity contribution in [3.63, 3.8) is 0 Å². The molecule has 1 aromatic heterocycles. The molecule has 2 saturated heterocycles. The van der Waals surface area contributed by atoms with Gasteiger partial charge in [-0.3, -0.25) is 24.5 Å². The summed E-state index contributed by atoms with van der Waals surface area (Å²) in [7, 11) is 0. The second-order valence-corrected chi connectivity index (χ2v) is 10.7. The smallest absolute Gasteiger partial charge is 0.275 e. The summed E-state index contributed by atoms with van der Waals surface area (Å²) in [5.41, 5.74) is 3.16. The van der Waals surface area contributed by atoms with Crippen LogP contribution in [0.15, 0.2) is 30.5 Å². The van der Waals surface area contributed by atoms with Gasteiger partial charge < -0.3 is 29.8 Å². The van der Waals surface area contributed by atoms with E-state index in [1.54, 1.807) is 0 Å². The zero-order chi connectivity index (χ0) is 29.0. The molecule has 3 unspecified atom stereocenters. The van der Waals surface area contributed by atoms with E-state index < -0.39 is 30.1 Å². The number of nitrogens with one attached hydrogen (secondary N) is 3. The average Bonchev–Trinajstić information content (AvgIpc) is 3.40. The molecule has 2 aromatic rings. The van der Waals surface area contributed by atoms with Gasteiger partial charge in [-0.15, -0.1) is 0 Å². The van der Waals surface area contributed by atoms with Crippen molar-refractivity contribution < 1.29 is 34.2 Å². The topological polar surface area (TPSA) is 156 Å². The van der Waals surface area contributed by atoms with Crippen molar-refractivity contribution in [3.05, 3.63) is 36.0 Å². The molecule has 4 rings (SSSR count). The van der Waals surface area contributed by atoms with E-state index in [1.165, 1.54) is 5.48 Å². The number of aliphatic hydroxyl groups is 1. The summed E-state index contributed by atoms with van der Waals surface area (Å²) in [6.45, 7) is 5.31. The van der Waals surface area contributed by atoms with E-state index in [0.717, 1.165) is 68.2 Å². The number of carbonyl (C=O) groups excluding carboxylic acids is 3. The van der Waals surface area contributed by atoms with Gasteiger partial charge in [0.25, 0.3) is 11.8 Å². The Balaban J connectivity index is 1.57. The number of rotatable bonds is 8. The highest BCUT2D eigenvalue weighted by atomic mass is 16.5. The van der Waals surface area contributed by atoms with Crippen LogP contribution in [0.4, 0.5) is 0 Å². The van der Waals surface area contributed by atoms with Crippen molar-refractivity contribution in [1.82, 2.24) is 25.6 Å². The van der Waals surface area contributed by atoms with Crippen molar-refractivity contribution >= 4 is 28.6 Å². The van der Waals surface area contributed by atoms with E-state index in [1.807, 2.05) is 35.4 Å². The molecule has 2 aliphatic rings. The van der Waals surface area contributed by atoms with Crippen LogP contribution in [-0.2, 0) is 30.3 Å². The van der Waals surface area contributed by atoms with E-state index in [4.69, 9.17) is 14.7 Å². The van der Waals surface area contributed by atoms with Gasteiger partial charge in [-0.05, 0) is 30.9 Å². The molecule has 0 saturated carbocycles. The Kier molecular flexibility index (Phi) is 11.9. The van der Waals surface area contributed by atoms with E-state index in [0.29, 0.717) is 32.7 Å². The monoisotopic (exact) mass is 573 g/mol. The van der Waals surface area contributed by atoms with Crippen LogP contribution in [0, 0.1) is 0 Å². The minimum atomic E-state index is -1.94. The number of aliphatic hydroxyl groups excluding tert-OH is 1. The van der Waals surface area contributed by atoms with Gasteiger partial charge in [0.1, 0.15) is 6.04 Å². The maximum Gasteiger partial charge on any atom is 0.275 e. The number of benzene rings is 1. The molecule has 0 radical (unpaired) electrons. The molecule has 12 heteroatoms. The third kappa shape index (κ3) is 8.73. The lowest BCUT2D eigenvalue weighted by molar-refractivity contribution is -0.157. The normalized spacial score (nSPS) is 23.1. The van der Waals surface area contributed by atoms with Gasteiger partial charge in [-0.25, -0.2) is 5.48 Å². The van der Waals surface area contributed by atoms with Gasteiger partial charge in [0.2, 0.25) is 5.91 Å². The third-order valence-electron chi connectivity index (χ3n) is 7.83. The minimum Gasteiger partial charge on any atom is -0.380 e. The fourth-order valence-corrected chi connectivity index (χ4v) is 5.50. The summed E-state index contributed by atoms with van der Waals surface area (Å²) in [4.78, 5) is 47.0. The van der Waals surface area contributed by atoms with E-state index in [-0.39, 0.29) is 18.9 Å². The van der Waals surface area contributed by atoms with Crippen molar-refractivity contribution in [2.45, 2.75) is 63.2 Å². The number of fused-ring (bicyclic) bond motifs is 1. The van der Waals surface area contributed by atoms with Crippen LogP contribution in [0.2, 0.25) is 0 Å². The number of hydroxylamine groups is 1. The first-order valence-electron chi connectivity index (χ1n) is 14.7. The number of nitrogens with zero attached hydrogens (tertiary/aromatic N) is 2. The lowest BCUT2D eigenvalue weighted by Crippen LogP contribution is -2.56. The SMILES string of the molecule is O=C(NO)C(O)C1OCCCCCCCN(CCCN2CCOCC2)C(=O)C(Cc2c[nH]c3ccccc23)NC1=O. The van der Waals surface area contributed by atoms with Crippen LogP contribution in [0.5, 0.6) is 0 Å². The van der Waals surface area contributed by atoms with Crippen molar-refractivity contribution in [2.24, 2.45) is 0 Å². The number of hydrogen-bond donors (Lipinski definition) is 5. The fourth-order valence-electron chi connectivity index (χ4n) is 5.50. The van der Waals surface area contributed by atoms with Crippen LogP contribution >= 0.6 is 0 Å². The maximum atomic E-state index is 14.1. The number of hydrogen-bond acceptors (Lipinski definition) is 8. The van der Waals surface area contributed by atoms with Crippen molar-refractivity contribution in [2.75, 3.05) is 52.5 Å².